The lowest BCUT2D eigenvalue weighted by Crippen LogP contribution is -2.56. The molecular weight excluding hydrogens is 779 g/mol. The Morgan fingerprint density at radius 2 is 1.66 bits per heavy atom. The number of aromatic hydroxyl groups is 1. The number of piperidine rings is 2. The van der Waals surface area contributed by atoms with E-state index in [1.54, 1.807) is 7.11 Å². The number of nitrogens with zero attached hydrogens (tertiary/aromatic N) is 3. The van der Waals surface area contributed by atoms with Crippen molar-refractivity contribution >= 4 is 28.9 Å². The molecule has 4 fully saturated rings. The lowest BCUT2D eigenvalue weighted by Gasteiger charge is -2.45. The molecule has 7 aliphatic rings. The lowest BCUT2D eigenvalue weighted by molar-refractivity contribution is -0.132. The maximum atomic E-state index is 10.3. The minimum atomic E-state index is -0.138. The lowest BCUT2D eigenvalue weighted by atomic mass is 9.69. The number of fused-ring (bicyclic) bond motifs is 6. The van der Waals surface area contributed by atoms with Crippen LogP contribution < -0.4 is 29.9 Å². The summed E-state index contributed by atoms with van der Waals surface area (Å²) in [6, 6.07) is 28.4. The van der Waals surface area contributed by atoms with E-state index in [2.05, 4.69) is 106 Å². The summed E-state index contributed by atoms with van der Waals surface area (Å²) in [5.74, 6) is 2.64. The minimum Gasteiger partial charge on any atom is -0.508 e. The molecule has 0 radical (unpaired) electrons. The zero-order valence-corrected chi connectivity index (χ0v) is 36.3. The molecule has 4 saturated heterocycles. The molecule has 0 saturated carbocycles. The number of anilines is 2. The van der Waals surface area contributed by atoms with Gasteiger partial charge in [0.25, 0.3) is 0 Å². The number of ether oxygens (including phenoxy) is 3. The minimum absolute atomic E-state index is 0.126. The van der Waals surface area contributed by atoms with E-state index in [1.165, 1.54) is 57.6 Å². The number of methoxy groups -OCH3 is 1. The molecule has 3 unspecified atom stereocenters. The van der Waals surface area contributed by atoms with Crippen LogP contribution in [0.15, 0.2) is 85.4 Å². The molecule has 11 nitrogen and oxygen atoms in total. The van der Waals surface area contributed by atoms with Crippen LogP contribution in [0.25, 0.3) is 5.70 Å². The van der Waals surface area contributed by atoms with E-state index in [0.29, 0.717) is 37.0 Å². The molecule has 1 aliphatic carbocycles. The summed E-state index contributed by atoms with van der Waals surface area (Å²) in [7, 11) is 3.97. The van der Waals surface area contributed by atoms with Gasteiger partial charge in [0.1, 0.15) is 23.9 Å². The highest BCUT2D eigenvalue weighted by Crippen LogP contribution is 2.50. The van der Waals surface area contributed by atoms with Gasteiger partial charge in [-0.25, -0.2) is 0 Å². The zero-order valence-electron chi connectivity index (χ0n) is 36.3. The Morgan fingerprint density at radius 1 is 0.871 bits per heavy atom. The number of hydrogen-bond donors (Lipinski definition) is 3. The smallest absolute Gasteiger partial charge is 0.226 e. The number of hydrogen-bond acceptors (Lipinski definition) is 10. The van der Waals surface area contributed by atoms with Gasteiger partial charge < -0.3 is 39.3 Å². The second kappa shape index (κ2) is 18.1. The van der Waals surface area contributed by atoms with E-state index in [-0.39, 0.29) is 23.3 Å². The van der Waals surface area contributed by atoms with Crippen LogP contribution in [0.3, 0.4) is 0 Å². The van der Waals surface area contributed by atoms with Crippen molar-refractivity contribution in [2.24, 2.45) is 0 Å². The summed E-state index contributed by atoms with van der Waals surface area (Å²) in [5, 5.41) is 15.7. The first-order chi connectivity index (χ1) is 30.2. The average molecular weight is 840 g/mol. The number of phenolic OH excluding ortho intramolecular Hbond substituents is 1. The predicted octanol–water partition coefficient (Wildman–Crippen LogP) is 7.50. The molecule has 4 aromatic carbocycles. The number of piperazine rings is 1. The van der Waals surface area contributed by atoms with Gasteiger partial charge in [0.05, 0.1) is 24.4 Å². The van der Waals surface area contributed by atoms with Crippen molar-refractivity contribution in [2.75, 3.05) is 69.9 Å². The standard InChI is InChI=1S/C31H35NO3.C15H19N3O.C5H7NO2/c1-34-29-21-24(32-17-15-31(16-18-32)14-5-19-35-31)9-12-28(29)30-26(22-6-3-2-4-7-22)11-8-23-20-25(33)10-13-27(23)30;1-10-12-3-4-14-15(13(12)7-16-10)19-9-11-8-17(2)5-6-18(11)14;7-4-2-1-3-5(8)6-4/h2-4,6-7,9-10,12-13,20-21,26,30,33H,5,8,11,14-19H2,1H3;3-4,11,16H,1,5-9H2,2H3;1-3H2,(H,6,7,8). The Labute approximate surface area is 366 Å². The Kier molecular flexibility index (Phi) is 12.2. The van der Waals surface area contributed by atoms with Gasteiger partial charge in [-0.1, -0.05) is 55.1 Å². The quantitative estimate of drug-likeness (QED) is 0.179. The van der Waals surface area contributed by atoms with Gasteiger partial charge in [0.2, 0.25) is 11.8 Å². The van der Waals surface area contributed by atoms with Crippen molar-refractivity contribution < 1.29 is 28.9 Å². The maximum absolute atomic E-state index is 10.3. The van der Waals surface area contributed by atoms with Gasteiger partial charge >= 0.3 is 0 Å². The summed E-state index contributed by atoms with van der Waals surface area (Å²) in [6.45, 7) is 12.0. The monoisotopic (exact) mass is 839 g/mol. The van der Waals surface area contributed by atoms with Crippen LogP contribution in [0.2, 0.25) is 0 Å². The highest BCUT2D eigenvalue weighted by molar-refractivity contribution is 5.97. The van der Waals surface area contributed by atoms with E-state index < -0.39 is 0 Å². The summed E-state index contributed by atoms with van der Waals surface area (Å²) >= 11 is 0. The van der Waals surface area contributed by atoms with Crippen LogP contribution in [0, 0.1) is 0 Å². The van der Waals surface area contributed by atoms with Gasteiger partial charge in [0, 0.05) is 98.8 Å². The van der Waals surface area contributed by atoms with Crippen molar-refractivity contribution in [3.05, 3.63) is 119 Å². The average Bonchev–Trinajstić information content (AvgIpc) is 3.92. The van der Waals surface area contributed by atoms with Gasteiger partial charge in [-0.3, -0.25) is 14.9 Å². The number of imide groups is 1. The maximum Gasteiger partial charge on any atom is 0.226 e. The summed E-state index contributed by atoms with van der Waals surface area (Å²) in [4.78, 5) is 28.1. The van der Waals surface area contributed by atoms with E-state index in [0.717, 1.165) is 95.4 Å². The van der Waals surface area contributed by atoms with Crippen molar-refractivity contribution in [2.45, 2.75) is 87.8 Å². The molecule has 3 N–H and O–H groups in total. The van der Waals surface area contributed by atoms with E-state index in [1.807, 2.05) is 12.1 Å². The molecule has 1 spiro atoms. The van der Waals surface area contributed by atoms with Crippen molar-refractivity contribution in [1.82, 2.24) is 15.5 Å². The number of likely N-dealkylation sites (N-methyl/N-ethyl adjacent to an activating group) is 1. The molecule has 11 rings (SSSR count). The third kappa shape index (κ3) is 8.62. The molecule has 62 heavy (non-hydrogen) atoms. The molecule has 11 heteroatoms. The Bertz CT molecular complexity index is 2270. The normalized spacial score (nSPS) is 23.5. The zero-order chi connectivity index (χ0) is 42.8. The number of nitrogens with one attached hydrogen (secondary N) is 2. The van der Waals surface area contributed by atoms with Crippen LogP contribution >= 0.6 is 0 Å². The molecule has 4 aromatic rings. The van der Waals surface area contributed by atoms with Gasteiger partial charge in [-0.05, 0) is 98.9 Å². The number of phenols is 1. The molecule has 6 aliphatic heterocycles. The molecular formula is C51H61N5O6. The summed E-state index contributed by atoms with van der Waals surface area (Å²) < 4.78 is 18.3. The number of rotatable bonds is 4. The summed E-state index contributed by atoms with van der Waals surface area (Å²) in [6.07, 6.45) is 8.36. The van der Waals surface area contributed by atoms with E-state index >= 15 is 0 Å². The SMILES string of the molecule is C=C1NCc2c1ccc1c2OCC2CN(C)CCN12.COc1cc(N2CCC3(CCCO3)CC2)ccc1C1c2ccc(O)cc2CCC1c1ccccc1.O=C1CCCC(=O)N1. The van der Waals surface area contributed by atoms with Crippen molar-refractivity contribution in [3.8, 4) is 17.2 Å². The second-order valence-corrected chi connectivity index (χ2v) is 18.0. The van der Waals surface area contributed by atoms with Crippen LogP contribution in [0.4, 0.5) is 11.4 Å². The van der Waals surface area contributed by atoms with Crippen molar-refractivity contribution in [1.29, 1.82) is 0 Å². The van der Waals surface area contributed by atoms with Crippen LogP contribution in [0.5, 0.6) is 17.2 Å². The number of aryl methyl sites for hydroxylation is 1. The van der Waals surface area contributed by atoms with Crippen LogP contribution in [-0.4, -0.2) is 93.6 Å². The number of carbonyl (C=O) groups is 2. The van der Waals surface area contributed by atoms with Gasteiger partial charge in [-0.2, -0.15) is 0 Å². The number of carbonyl (C=O) groups excluding carboxylic acids is 2. The second-order valence-electron chi connectivity index (χ2n) is 18.0. The topological polar surface area (TPSA) is 116 Å². The fourth-order valence-electron chi connectivity index (χ4n) is 10.8. The third-order valence-electron chi connectivity index (χ3n) is 14.1. The first-order valence-electron chi connectivity index (χ1n) is 22.6. The fraction of sp³-hybridized carbons (Fsp3) is 0.451. The molecule has 2 amide bonds. The first-order valence-corrected chi connectivity index (χ1v) is 22.6. The number of amides is 2. The molecule has 0 aromatic heterocycles. The van der Waals surface area contributed by atoms with Gasteiger partial charge in [0.15, 0.2) is 0 Å². The largest absolute Gasteiger partial charge is 0.508 e. The van der Waals surface area contributed by atoms with E-state index in [9.17, 15) is 14.7 Å². The third-order valence-corrected chi connectivity index (χ3v) is 14.1. The van der Waals surface area contributed by atoms with E-state index in [4.69, 9.17) is 14.2 Å². The Morgan fingerprint density at radius 3 is 2.39 bits per heavy atom. The van der Waals surface area contributed by atoms with Crippen LogP contribution in [-0.2, 0) is 27.3 Å². The van der Waals surface area contributed by atoms with Gasteiger partial charge in [-0.15, -0.1) is 0 Å². The highest BCUT2D eigenvalue weighted by atomic mass is 16.5. The highest BCUT2D eigenvalue weighted by Gasteiger charge is 2.39. The molecule has 3 atom stereocenters. The number of benzene rings is 4. The molecule has 6 heterocycles. The van der Waals surface area contributed by atoms with Crippen molar-refractivity contribution in [3.63, 3.8) is 0 Å². The summed E-state index contributed by atoms with van der Waals surface area (Å²) in [5.41, 5.74) is 11.3. The fourth-order valence-corrected chi connectivity index (χ4v) is 10.8. The predicted molar refractivity (Wildman–Crippen MR) is 243 cm³/mol. The first kappa shape index (κ1) is 41.8. The van der Waals surface area contributed by atoms with Crippen LogP contribution in [0.1, 0.15) is 96.6 Å². The Hall–Kier alpha value is -5.52. The molecule has 326 valence electrons. The molecule has 0 bridgehead atoms. The Balaban J connectivity index is 0.000000150.